The first-order chi connectivity index (χ1) is 17.0. The summed E-state index contributed by atoms with van der Waals surface area (Å²) in [5.74, 6) is 5.71. The van der Waals surface area contributed by atoms with Gasteiger partial charge in [0.1, 0.15) is 17.2 Å². The second-order valence-electron chi connectivity index (χ2n) is 10.9. The lowest BCUT2D eigenvalue weighted by atomic mass is 9.51. The predicted molar refractivity (Wildman–Crippen MR) is 138 cm³/mol. The Bertz CT molecular complexity index is 1070. The molecule has 0 saturated heterocycles. The Morgan fingerprint density at radius 2 is 2.03 bits per heavy atom. The van der Waals surface area contributed by atoms with Crippen LogP contribution in [0.25, 0.3) is 0 Å². The summed E-state index contributed by atoms with van der Waals surface area (Å²) in [4.78, 5) is 11.2. The highest BCUT2D eigenvalue weighted by Gasteiger charge is 2.55. The second kappa shape index (κ2) is 9.53. The molecule has 4 nitrogen and oxygen atoms in total. The fraction of sp³-hybridized carbons (Fsp3) is 0.552. The van der Waals surface area contributed by atoms with Crippen LogP contribution in [-0.4, -0.2) is 21.3 Å². The Morgan fingerprint density at radius 1 is 1.18 bits per heavy atom. The van der Waals surface area contributed by atoms with Gasteiger partial charge in [0, 0.05) is 6.07 Å². The van der Waals surface area contributed by atoms with Crippen molar-refractivity contribution in [2.24, 2.45) is 29.1 Å². The van der Waals surface area contributed by atoms with Gasteiger partial charge in [-0.05, 0) is 109 Å². The number of hydrogen-bond donors (Lipinski definition) is 0. The zero-order chi connectivity index (χ0) is 24.6. The number of benzene rings is 2. The molecule has 0 radical (unpaired) electrons. The maximum atomic E-state index is 11.2. The van der Waals surface area contributed by atoms with E-state index in [0.717, 1.165) is 42.5 Å². The van der Waals surface area contributed by atoms with E-state index >= 15 is 0 Å². The van der Waals surface area contributed by atoms with Gasteiger partial charge in [-0.3, -0.25) is 4.79 Å². The Morgan fingerprint density at radius 3 is 2.82 bits per heavy atom. The van der Waals surface area contributed by atoms with Crippen molar-refractivity contribution in [2.45, 2.75) is 58.3 Å². The summed E-state index contributed by atoms with van der Waals surface area (Å²) >= 11 is 0. The van der Waals surface area contributed by atoms with Gasteiger partial charge in [-0.2, -0.15) is 0 Å². The summed E-state index contributed by atoms with van der Waals surface area (Å²) in [6.45, 7) is 5.71. The normalized spacial score (nSPS) is 32.4. The average Bonchev–Trinajstić information content (AvgIpc) is 3.20. The van der Waals surface area contributed by atoms with E-state index in [4.69, 9.17) is 15.3 Å². The summed E-state index contributed by atoms with van der Waals surface area (Å²) in [5, 5.41) is 0. The van der Waals surface area contributed by atoms with Crippen LogP contribution in [0.4, 0.5) is 0 Å². The summed E-state index contributed by atoms with van der Waals surface area (Å²) in [5.41, 5.74) is 3.91. The quantitative estimate of drug-likeness (QED) is 0.304. The number of methoxy groups -OCH3 is 1. The Kier molecular flexibility index (Phi) is 6.28. The van der Waals surface area contributed by atoms with Gasteiger partial charge in [0.25, 0.3) is 0 Å². The molecule has 0 spiro atoms. The molecule has 0 heterocycles. The summed E-state index contributed by atoms with van der Waals surface area (Å²) in [6.07, 6.45) is 8.16. The number of carbonyl (C=O) groups excluding carboxylic acids is 1. The Hall–Kier alpha value is -2.06. The van der Waals surface area contributed by atoms with Crippen molar-refractivity contribution in [3.63, 3.8) is 0 Å². The fourth-order valence-electron chi connectivity index (χ4n) is 7.80. The molecule has 34 heavy (non-hydrogen) atoms. The van der Waals surface area contributed by atoms with E-state index in [1.54, 1.807) is 13.2 Å². The predicted octanol–water partition coefficient (Wildman–Crippen LogP) is 6.86. The maximum absolute atomic E-state index is 11.2. The van der Waals surface area contributed by atoms with Crippen molar-refractivity contribution in [1.82, 2.24) is 0 Å². The Labute approximate surface area is 207 Å². The van der Waals surface area contributed by atoms with Gasteiger partial charge in [-0.15, -0.1) is 0 Å². The molecular weight excluding hydrogens is 443 g/mol. The van der Waals surface area contributed by atoms with Gasteiger partial charge >= 0.3 is 0 Å². The molecule has 5 unspecified atom stereocenters. The van der Waals surface area contributed by atoms with Crippen LogP contribution < -0.4 is 14.0 Å². The third kappa shape index (κ3) is 4.02. The first-order valence-electron chi connectivity index (χ1n) is 13.2. The summed E-state index contributed by atoms with van der Waals surface area (Å²) in [7, 11) is 1.33. The van der Waals surface area contributed by atoms with Crippen molar-refractivity contribution >= 4 is 15.7 Å². The van der Waals surface area contributed by atoms with E-state index in [1.165, 1.54) is 36.8 Å². The van der Waals surface area contributed by atoms with Crippen molar-refractivity contribution in [1.29, 1.82) is 1.28 Å². The Balaban J connectivity index is 1.27. The molecule has 0 aliphatic heterocycles. The molecule has 3 aliphatic carbocycles. The molecule has 3 aliphatic rings. The van der Waals surface area contributed by atoms with Crippen LogP contribution in [0.2, 0.25) is 0 Å². The SMILES string of the molecule is [3H]POc1ccc2c(c1)C[C@@H](C)C1C2CCC2(C)C1CC[C@@H]2CCOc1ccc(C=O)c(OC)c1. The van der Waals surface area contributed by atoms with Crippen LogP contribution >= 0.6 is 9.41 Å². The van der Waals surface area contributed by atoms with E-state index in [2.05, 4.69) is 32.0 Å². The zero-order valence-electron chi connectivity index (χ0n) is 21.5. The van der Waals surface area contributed by atoms with Crippen molar-refractivity contribution < 1.29 is 18.8 Å². The van der Waals surface area contributed by atoms with Gasteiger partial charge in [0.2, 0.25) is 0 Å². The number of hydrogen-bond acceptors (Lipinski definition) is 4. The largest absolute Gasteiger partial charge is 0.496 e. The molecule has 5 heteroatoms. The van der Waals surface area contributed by atoms with Crippen LogP contribution in [0.1, 0.15) is 73.4 Å². The van der Waals surface area contributed by atoms with E-state index in [9.17, 15) is 4.79 Å². The number of aldehydes is 1. The minimum absolute atomic E-state index is 0.255. The van der Waals surface area contributed by atoms with Crippen LogP contribution in [-0.2, 0) is 6.42 Å². The fourth-order valence-corrected chi connectivity index (χ4v) is 7.93. The van der Waals surface area contributed by atoms with Gasteiger partial charge in [-0.1, -0.05) is 19.9 Å². The lowest BCUT2D eigenvalue weighted by molar-refractivity contribution is 0.000928. The van der Waals surface area contributed by atoms with Crippen molar-refractivity contribution in [3.8, 4) is 17.2 Å². The molecule has 2 fully saturated rings. The van der Waals surface area contributed by atoms with Gasteiger partial charge < -0.3 is 14.0 Å². The number of carbonyl (C=O) groups is 1. The topological polar surface area (TPSA) is 44.8 Å². The third-order valence-corrected chi connectivity index (χ3v) is 9.66. The highest BCUT2D eigenvalue weighted by atomic mass is 31.0. The van der Waals surface area contributed by atoms with Crippen LogP contribution in [0.15, 0.2) is 36.4 Å². The van der Waals surface area contributed by atoms with E-state index < -0.39 is 0 Å². The monoisotopic (exact) mass is 482 g/mol. The smallest absolute Gasteiger partial charge is 0.153 e. The number of ether oxygens (including phenoxy) is 2. The molecule has 0 bridgehead atoms. The van der Waals surface area contributed by atoms with Crippen molar-refractivity contribution in [3.05, 3.63) is 53.1 Å². The lowest BCUT2D eigenvalue weighted by Gasteiger charge is -2.53. The zero-order valence-corrected chi connectivity index (χ0v) is 21.5. The molecule has 2 aromatic carbocycles. The maximum Gasteiger partial charge on any atom is 0.153 e. The lowest BCUT2D eigenvalue weighted by Crippen LogP contribution is -2.45. The van der Waals surface area contributed by atoms with E-state index in [-0.39, 0.29) is 9.41 Å². The van der Waals surface area contributed by atoms with Gasteiger partial charge in [0.15, 0.2) is 6.29 Å². The van der Waals surface area contributed by atoms with Crippen LogP contribution in [0.5, 0.6) is 17.2 Å². The average molecular weight is 483 g/mol. The highest BCUT2D eigenvalue weighted by Crippen LogP contribution is 2.64. The third-order valence-electron chi connectivity index (χ3n) is 9.43. The van der Waals surface area contributed by atoms with E-state index in [0.29, 0.717) is 41.1 Å². The molecule has 2 saturated carbocycles. The summed E-state index contributed by atoms with van der Waals surface area (Å²) in [6, 6.07) is 12.0. The van der Waals surface area contributed by atoms with E-state index in [1.807, 2.05) is 12.1 Å². The van der Waals surface area contributed by atoms with Crippen LogP contribution in [0.3, 0.4) is 0 Å². The molecule has 0 N–H and O–H groups in total. The minimum atomic E-state index is -0.255. The molecule has 0 aromatic heterocycles. The molecular formula is C29H37O4P. The van der Waals surface area contributed by atoms with Gasteiger partial charge in [0.05, 0.1) is 30.0 Å². The number of fused-ring (bicyclic) bond motifs is 5. The molecule has 5 rings (SSSR count). The number of rotatable bonds is 8. The minimum Gasteiger partial charge on any atom is -0.496 e. The molecule has 7 atom stereocenters. The standard InChI is InChI=1S/C29H37O4P/c1-18-14-20-15-23(33-34)7-8-24(20)25-10-12-29(2)21(5-9-26(29)28(18)25)11-13-32-22-6-4-19(17-30)27(16-22)31-3/h4,6-8,15-18,21,25-26,28H,5,9-14,34H2,1-3H3/t18-,21-,25?,26?,28?,29?/m1/s1/i34T/t18-,21-,25?,26?,28?,29?,34?. The first-order valence-corrected chi connectivity index (χ1v) is 13.1. The van der Waals surface area contributed by atoms with Crippen molar-refractivity contribution in [2.75, 3.05) is 13.7 Å². The second-order valence-corrected chi connectivity index (χ2v) is 11.1. The highest BCUT2D eigenvalue weighted by molar-refractivity contribution is 7.10. The molecule has 2 aromatic rings. The van der Waals surface area contributed by atoms with Gasteiger partial charge in [-0.25, -0.2) is 0 Å². The molecule has 0 amide bonds. The molecule has 182 valence electrons. The first kappa shape index (κ1) is 22.4. The summed E-state index contributed by atoms with van der Waals surface area (Å²) < 4.78 is 24.3. The van der Waals surface area contributed by atoms with Crippen LogP contribution in [0, 0.1) is 29.1 Å².